The Balaban J connectivity index is 1.81. The van der Waals surface area contributed by atoms with E-state index in [-0.39, 0.29) is 0 Å². The standard InChI is InChI=1S/C18H18N2S/c1-20-8-6-13(7-9-20)16-12-19-17-5-4-14(11-15(16)17)18-3-2-10-21-18/h2-6,10-12,19H,7-9H2,1H3. The molecule has 1 aliphatic heterocycles. The topological polar surface area (TPSA) is 19.0 Å². The van der Waals surface area contributed by atoms with Crippen LogP contribution in [0.5, 0.6) is 0 Å². The lowest BCUT2D eigenvalue weighted by atomic mass is 9.98. The second-order valence-corrected chi connectivity index (χ2v) is 6.63. The van der Waals surface area contributed by atoms with Gasteiger partial charge in [-0.25, -0.2) is 0 Å². The Kier molecular flexibility index (Phi) is 3.17. The van der Waals surface area contributed by atoms with Gasteiger partial charge in [-0.2, -0.15) is 0 Å². The van der Waals surface area contributed by atoms with Gasteiger partial charge in [0.1, 0.15) is 0 Å². The molecule has 0 radical (unpaired) electrons. The van der Waals surface area contributed by atoms with Gasteiger partial charge in [0.05, 0.1) is 0 Å². The van der Waals surface area contributed by atoms with E-state index in [1.165, 1.54) is 32.5 Å². The van der Waals surface area contributed by atoms with Crippen LogP contribution < -0.4 is 0 Å². The third-order valence-corrected chi connectivity index (χ3v) is 5.16. The molecule has 0 atom stereocenters. The number of H-pyrrole nitrogens is 1. The molecule has 2 nitrogen and oxygen atoms in total. The summed E-state index contributed by atoms with van der Waals surface area (Å²) in [7, 11) is 2.18. The molecular formula is C18H18N2S. The Morgan fingerprint density at radius 3 is 2.95 bits per heavy atom. The molecule has 2 aromatic heterocycles. The zero-order valence-electron chi connectivity index (χ0n) is 12.1. The number of fused-ring (bicyclic) bond motifs is 1. The van der Waals surface area contributed by atoms with Crippen LogP contribution in [0.15, 0.2) is 48.0 Å². The molecule has 21 heavy (non-hydrogen) atoms. The van der Waals surface area contributed by atoms with Crippen molar-refractivity contribution in [3.05, 3.63) is 53.5 Å². The summed E-state index contributed by atoms with van der Waals surface area (Å²) in [5.41, 5.74) is 5.39. The molecular weight excluding hydrogens is 276 g/mol. The lowest BCUT2D eigenvalue weighted by Gasteiger charge is -2.21. The quantitative estimate of drug-likeness (QED) is 0.731. The van der Waals surface area contributed by atoms with E-state index in [2.05, 4.69) is 64.9 Å². The van der Waals surface area contributed by atoms with Crippen molar-refractivity contribution in [2.75, 3.05) is 20.1 Å². The number of hydrogen-bond donors (Lipinski definition) is 1. The Morgan fingerprint density at radius 2 is 2.19 bits per heavy atom. The minimum absolute atomic E-state index is 1.05. The highest BCUT2D eigenvalue weighted by atomic mass is 32.1. The molecule has 3 heteroatoms. The molecule has 3 aromatic rings. The smallest absolute Gasteiger partial charge is 0.0460 e. The lowest BCUT2D eigenvalue weighted by Crippen LogP contribution is -2.23. The molecule has 0 aliphatic carbocycles. The van der Waals surface area contributed by atoms with Crippen molar-refractivity contribution in [3.63, 3.8) is 0 Å². The number of nitrogens with zero attached hydrogens (tertiary/aromatic N) is 1. The summed E-state index contributed by atoms with van der Waals surface area (Å²) in [6.45, 7) is 2.19. The first-order valence-electron chi connectivity index (χ1n) is 7.34. The number of benzene rings is 1. The van der Waals surface area contributed by atoms with Gasteiger partial charge in [0.2, 0.25) is 0 Å². The first kappa shape index (κ1) is 12.9. The number of thiophene rings is 1. The third kappa shape index (κ3) is 2.33. The molecule has 1 aromatic carbocycles. The highest BCUT2D eigenvalue weighted by Crippen LogP contribution is 2.33. The van der Waals surface area contributed by atoms with Crippen LogP contribution in [-0.4, -0.2) is 30.0 Å². The molecule has 1 aliphatic rings. The molecule has 1 N–H and O–H groups in total. The van der Waals surface area contributed by atoms with Crippen LogP contribution in [0.2, 0.25) is 0 Å². The summed E-state index contributed by atoms with van der Waals surface area (Å²) < 4.78 is 0. The molecule has 0 unspecified atom stereocenters. The van der Waals surface area contributed by atoms with Crippen molar-refractivity contribution in [1.82, 2.24) is 9.88 Å². The maximum Gasteiger partial charge on any atom is 0.0460 e. The fraction of sp³-hybridized carbons (Fsp3) is 0.222. The van der Waals surface area contributed by atoms with Gasteiger partial charge < -0.3 is 9.88 Å². The van der Waals surface area contributed by atoms with E-state index < -0.39 is 0 Å². The van der Waals surface area contributed by atoms with E-state index in [0.717, 1.165) is 19.5 Å². The average Bonchev–Trinajstić information content (AvgIpc) is 3.17. The second-order valence-electron chi connectivity index (χ2n) is 5.68. The van der Waals surface area contributed by atoms with E-state index in [1.54, 1.807) is 11.3 Å². The maximum atomic E-state index is 3.42. The summed E-state index contributed by atoms with van der Waals surface area (Å²) in [6, 6.07) is 11.0. The van der Waals surface area contributed by atoms with Gasteiger partial charge in [0, 0.05) is 40.6 Å². The van der Waals surface area contributed by atoms with Gasteiger partial charge in [-0.3, -0.25) is 0 Å². The number of hydrogen-bond acceptors (Lipinski definition) is 2. The van der Waals surface area contributed by atoms with Gasteiger partial charge in [0.25, 0.3) is 0 Å². The molecule has 0 saturated carbocycles. The molecule has 106 valence electrons. The minimum Gasteiger partial charge on any atom is -0.361 e. The van der Waals surface area contributed by atoms with Crippen molar-refractivity contribution in [2.45, 2.75) is 6.42 Å². The van der Waals surface area contributed by atoms with Gasteiger partial charge in [-0.1, -0.05) is 18.2 Å². The normalized spacial score (nSPS) is 16.3. The van der Waals surface area contributed by atoms with Crippen molar-refractivity contribution < 1.29 is 0 Å². The lowest BCUT2D eigenvalue weighted by molar-refractivity contribution is 0.370. The second kappa shape index (κ2) is 5.17. The van der Waals surface area contributed by atoms with Crippen molar-refractivity contribution >= 4 is 27.8 Å². The first-order chi connectivity index (χ1) is 10.3. The van der Waals surface area contributed by atoms with E-state index in [4.69, 9.17) is 0 Å². The monoisotopic (exact) mass is 294 g/mol. The Morgan fingerprint density at radius 1 is 1.24 bits per heavy atom. The van der Waals surface area contributed by atoms with Crippen LogP contribution in [0.1, 0.15) is 12.0 Å². The Bertz CT molecular complexity index is 796. The fourth-order valence-corrected chi connectivity index (χ4v) is 3.72. The van der Waals surface area contributed by atoms with Gasteiger partial charge in [-0.15, -0.1) is 11.3 Å². The summed E-state index contributed by atoms with van der Waals surface area (Å²) in [4.78, 5) is 7.11. The summed E-state index contributed by atoms with van der Waals surface area (Å²) >= 11 is 1.80. The number of rotatable bonds is 2. The zero-order chi connectivity index (χ0) is 14.2. The highest BCUT2D eigenvalue weighted by molar-refractivity contribution is 7.13. The van der Waals surface area contributed by atoms with Gasteiger partial charge in [0.15, 0.2) is 0 Å². The molecule has 0 saturated heterocycles. The zero-order valence-corrected chi connectivity index (χ0v) is 12.9. The van der Waals surface area contributed by atoms with Crippen molar-refractivity contribution in [2.24, 2.45) is 0 Å². The SMILES string of the molecule is CN1CC=C(c2c[nH]c3ccc(-c4cccs4)cc23)CC1. The molecule has 3 heterocycles. The minimum atomic E-state index is 1.05. The molecule has 0 fully saturated rings. The molecule has 0 amide bonds. The first-order valence-corrected chi connectivity index (χ1v) is 8.22. The maximum absolute atomic E-state index is 3.42. The molecule has 0 bridgehead atoms. The Hall–Kier alpha value is -1.84. The summed E-state index contributed by atoms with van der Waals surface area (Å²) in [5.74, 6) is 0. The summed E-state index contributed by atoms with van der Waals surface area (Å²) in [5, 5.41) is 3.48. The van der Waals surface area contributed by atoms with Crippen LogP contribution in [0, 0.1) is 0 Å². The number of likely N-dealkylation sites (N-methyl/N-ethyl adjacent to an activating group) is 1. The average molecular weight is 294 g/mol. The van der Waals surface area contributed by atoms with Crippen LogP contribution in [0.3, 0.4) is 0 Å². The highest BCUT2D eigenvalue weighted by Gasteiger charge is 2.14. The Labute approximate surface area is 128 Å². The van der Waals surface area contributed by atoms with Crippen LogP contribution in [0.4, 0.5) is 0 Å². The fourth-order valence-electron chi connectivity index (χ4n) is 3.00. The van der Waals surface area contributed by atoms with E-state index in [1.807, 2.05) is 0 Å². The van der Waals surface area contributed by atoms with Crippen molar-refractivity contribution in [1.29, 1.82) is 0 Å². The van der Waals surface area contributed by atoms with Crippen molar-refractivity contribution in [3.8, 4) is 10.4 Å². The molecule has 0 spiro atoms. The third-order valence-electron chi connectivity index (χ3n) is 4.25. The number of nitrogens with one attached hydrogen (secondary N) is 1. The van der Waals surface area contributed by atoms with E-state index in [9.17, 15) is 0 Å². The predicted molar refractivity (Wildman–Crippen MR) is 91.7 cm³/mol. The van der Waals surface area contributed by atoms with Crippen LogP contribution >= 0.6 is 11.3 Å². The van der Waals surface area contributed by atoms with Crippen LogP contribution in [0.25, 0.3) is 26.9 Å². The van der Waals surface area contributed by atoms with E-state index in [0.29, 0.717) is 0 Å². The van der Waals surface area contributed by atoms with Gasteiger partial charge >= 0.3 is 0 Å². The number of aromatic nitrogens is 1. The number of aromatic amines is 1. The molecule has 4 rings (SSSR count). The largest absolute Gasteiger partial charge is 0.361 e. The van der Waals surface area contributed by atoms with Gasteiger partial charge in [-0.05, 0) is 48.2 Å². The van der Waals surface area contributed by atoms with Crippen LogP contribution in [-0.2, 0) is 0 Å². The van der Waals surface area contributed by atoms with E-state index >= 15 is 0 Å². The summed E-state index contributed by atoms with van der Waals surface area (Å²) in [6.07, 6.45) is 5.66. The predicted octanol–water partition coefficient (Wildman–Crippen LogP) is 4.62.